The molecule has 0 atom stereocenters. The van der Waals surface area contributed by atoms with Crippen LogP contribution in [0, 0.1) is 0 Å². The molecule has 1 aromatic rings. The Morgan fingerprint density at radius 2 is 2.05 bits per heavy atom. The van der Waals surface area contributed by atoms with Crippen molar-refractivity contribution >= 4 is 17.3 Å². The molecule has 0 heterocycles. The van der Waals surface area contributed by atoms with Gasteiger partial charge in [0, 0.05) is 0 Å². The Hall–Kier alpha value is -2.14. The molecule has 0 aliphatic heterocycles. The quantitative estimate of drug-likeness (QED) is 0.433. The average Bonchev–Trinajstić information content (AvgIpc) is 2.46. The predicted octanol–water partition coefficient (Wildman–Crippen LogP) is 2.16. The second-order valence-electron chi connectivity index (χ2n) is 4.24. The van der Waals surface area contributed by atoms with Crippen molar-refractivity contribution in [2.75, 3.05) is 19.8 Å². The van der Waals surface area contributed by atoms with Crippen molar-refractivity contribution < 1.29 is 14.6 Å². The number of nitrogens with one attached hydrogen (secondary N) is 1. The average molecular weight is 276 g/mol. The molecule has 0 bridgehead atoms. The molecule has 0 aliphatic carbocycles. The summed E-state index contributed by atoms with van der Waals surface area (Å²) >= 11 is 0. The Morgan fingerprint density at radius 3 is 2.70 bits per heavy atom. The lowest BCUT2D eigenvalue weighted by Gasteiger charge is -2.04. The van der Waals surface area contributed by atoms with E-state index in [0.717, 1.165) is 0 Å². The molecule has 108 valence electrons. The molecule has 0 amide bonds. The highest BCUT2D eigenvalue weighted by Crippen LogP contribution is 2.11. The van der Waals surface area contributed by atoms with E-state index in [4.69, 9.17) is 9.84 Å². The minimum absolute atomic E-state index is 0.0322. The molecule has 1 aromatic carbocycles. The van der Waals surface area contributed by atoms with Crippen LogP contribution < -0.4 is 5.43 Å². The molecule has 0 fully saturated rings. The minimum Gasteiger partial charge on any atom is -0.477 e. The smallest absolute Gasteiger partial charge is 0.351 e. The van der Waals surface area contributed by atoms with E-state index >= 15 is 0 Å². The summed E-state index contributed by atoms with van der Waals surface area (Å²) in [5, 5.41) is 12.3. The molecule has 0 unspecified atom stereocenters. The van der Waals surface area contributed by atoms with E-state index in [9.17, 15) is 4.79 Å². The van der Waals surface area contributed by atoms with Crippen molar-refractivity contribution in [3.63, 3.8) is 0 Å². The van der Waals surface area contributed by atoms with Crippen LogP contribution in [0.2, 0.25) is 0 Å². The Balaban J connectivity index is 2.19. The number of hydrogen-bond donors (Lipinski definition) is 2. The summed E-state index contributed by atoms with van der Waals surface area (Å²) in [5.74, 6) is -1.03. The minimum atomic E-state index is -1.03. The number of benzene rings is 1. The van der Waals surface area contributed by atoms with Gasteiger partial charge in [0.15, 0.2) is 0 Å². The van der Waals surface area contributed by atoms with Gasteiger partial charge in [0.05, 0.1) is 19.8 Å². The first kappa shape index (κ1) is 15.9. The van der Waals surface area contributed by atoms with Gasteiger partial charge in [0.25, 0.3) is 0 Å². The van der Waals surface area contributed by atoms with Crippen LogP contribution in [-0.4, -0.2) is 36.5 Å². The first-order chi connectivity index (χ1) is 9.61. The molecule has 20 heavy (non-hydrogen) atoms. The first-order valence-electron chi connectivity index (χ1n) is 6.41. The summed E-state index contributed by atoms with van der Waals surface area (Å²) in [5.41, 5.74) is 5.02. The molecule has 1 rings (SSSR count). The third-order valence-corrected chi connectivity index (χ3v) is 2.65. The zero-order chi connectivity index (χ0) is 14.8. The van der Waals surface area contributed by atoms with Gasteiger partial charge in [-0.05, 0) is 25.0 Å². The molecule has 5 nitrogen and oxygen atoms in total. The number of carbonyl (C=O) groups is 1. The van der Waals surface area contributed by atoms with E-state index in [1.54, 1.807) is 0 Å². The van der Waals surface area contributed by atoms with Gasteiger partial charge in [-0.3, -0.25) is 0 Å². The van der Waals surface area contributed by atoms with Gasteiger partial charge in [-0.2, -0.15) is 5.10 Å². The van der Waals surface area contributed by atoms with Crippen molar-refractivity contribution in [2.45, 2.75) is 13.8 Å². The van der Waals surface area contributed by atoms with E-state index in [-0.39, 0.29) is 5.71 Å². The van der Waals surface area contributed by atoms with E-state index in [2.05, 4.69) is 22.7 Å². The highest BCUT2D eigenvalue weighted by Gasteiger charge is 1.99. The predicted molar refractivity (Wildman–Crippen MR) is 79.7 cm³/mol. The normalized spacial score (nSPS) is 12.3. The third-order valence-electron chi connectivity index (χ3n) is 2.65. The lowest BCUT2D eigenvalue weighted by atomic mass is 10.1. The zero-order valence-corrected chi connectivity index (χ0v) is 11.8. The Labute approximate surface area is 119 Å². The van der Waals surface area contributed by atoms with E-state index in [0.29, 0.717) is 19.8 Å². The summed E-state index contributed by atoms with van der Waals surface area (Å²) < 4.78 is 5.41. The lowest BCUT2D eigenvalue weighted by molar-refractivity contribution is -0.129. The zero-order valence-electron chi connectivity index (χ0n) is 11.8. The van der Waals surface area contributed by atoms with E-state index in [1.807, 2.05) is 31.2 Å². The largest absolute Gasteiger partial charge is 0.477 e. The number of hydrogen-bond acceptors (Lipinski definition) is 4. The molecular formula is C15H20N2O3. The number of allylic oxidation sites excluding steroid dienone is 1. The van der Waals surface area contributed by atoms with Crippen molar-refractivity contribution in [2.24, 2.45) is 5.10 Å². The first-order valence-corrected chi connectivity index (χ1v) is 6.41. The fraction of sp³-hybridized carbons (Fsp3) is 0.333. The molecule has 0 radical (unpaired) electrons. The van der Waals surface area contributed by atoms with Crippen LogP contribution in [-0.2, 0) is 9.53 Å². The number of carboxylic acid groups (broad SMARTS) is 1. The molecule has 0 aliphatic rings. The van der Waals surface area contributed by atoms with Crippen LogP contribution in [0.1, 0.15) is 19.4 Å². The monoisotopic (exact) mass is 276 g/mol. The number of rotatable bonds is 8. The lowest BCUT2D eigenvalue weighted by Crippen LogP contribution is -2.19. The van der Waals surface area contributed by atoms with E-state index in [1.165, 1.54) is 18.1 Å². The number of carboxylic acids is 1. The highest BCUT2D eigenvalue weighted by atomic mass is 16.5. The number of ether oxygens (including phenoxy) is 1. The molecular weight excluding hydrogens is 256 g/mol. The van der Waals surface area contributed by atoms with Crippen molar-refractivity contribution in [1.82, 2.24) is 5.43 Å². The number of aliphatic carboxylic acids is 1. The SMILES string of the molecule is CC(=CCOCCNN=C(C)C(=O)O)c1ccccc1. The van der Waals surface area contributed by atoms with Gasteiger partial charge >= 0.3 is 5.97 Å². The standard InChI is InChI=1S/C15H20N2O3/c1-12(14-6-4-3-5-7-14)8-10-20-11-9-16-17-13(2)15(18)19/h3-8,16H,9-11H2,1-2H3,(H,18,19). The summed E-state index contributed by atoms with van der Waals surface area (Å²) in [6.45, 7) is 4.93. The van der Waals surface area contributed by atoms with Crippen LogP contribution in [0.5, 0.6) is 0 Å². The fourth-order valence-electron chi connectivity index (χ4n) is 1.43. The third kappa shape index (κ3) is 6.15. The van der Waals surface area contributed by atoms with Gasteiger partial charge in [-0.15, -0.1) is 0 Å². The summed E-state index contributed by atoms with van der Waals surface area (Å²) in [7, 11) is 0. The maximum atomic E-state index is 10.5. The van der Waals surface area contributed by atoms with Crippen molar-refractivity contribution in [3.8, 4) is 0 Å². The maximum absolute atomic E-state index is 10.5. The Bertz CT molecular complexity index is 481. The molecule has 0 spiro atoms. The number of nitrogens with zero attached hydrogens (tertiary/aromatic N) is 1. The summed E-state index contributed by atoms with van der Waals surface area (Å²) in [4.78, 5) is 10.5. The molecule has 0 saturated heterocycles. The van der Waals surface area contributed by atoms with Gasteiger partial charge in [-0.25, -0.2) is 4.79 Å². The van der Waals surface area contributed by atoms with Gasteiger partial charge in [0.1, 0.15) is 5.71 Å². The molecule has 2 N–H and O–H groups in total. The summed E-state index contributed by atoms with van der Waals surface area (Å²) in [6, 6.07) is 10.1. The molecule has 5 heteroatoms. The number of hydrazone groups is 1. The highest BCUT2D eigenvalue weighted by molar-refractivity contribution is 6.34. The Kier molecular flexibility index (Phi) is 7.06. The van der Waals surface area contributed by atoms with Crippen molar-refractivity contribution in [1.29, 1.82) is 0 Å². The molecule has 0 aromatic heterocycles. The van der Waals surface area contributed by atoms with Gasteiger partial charge in [-0.1, -0.05) is 36.4 Å². The van der Waals surface area contributed by atoms with Crippen LogP contribution in [0.3, 0.4) is 0 Å². The maximum Gasteiger partial charge on any atom is 0.351 e. The van der Waals surface area contributed by atoms with Crippen LogP contribution in [0.15, 0.2) is 41.5 Å². The van der Waals surface area contributed by atoms with Crippen LogP contribution >= 0.6 is 0 Å². The Morgan fingerprint density at radius 1 is 1.35 bits per heavy atom. The van der Waals surface area contributed by atoms with Crippen molar-refractivity contribution in [3.05, 3.63) is 42.0 Å². The van der Waals surface area contributed by atoms with Gasteiger partial charge < -0.3 is 15.3 Å². The second kappa shape index (κ2) is 8.87. The van der Waals surface area contributed by atoms with Crippen LogP contribution in [0.25, 0.3) is 5.57 Å². The van der Waals surface area contributed by atoms with Gasteiger partial charge in [0.2, 0.25) is 0 Å². The van der Waals surface area contributed by atoms with E-state index < -0.39 is 5.97 Å². The topological polar surface area (TPSA) is 70.9 Å². The second-order valence-corrected chi connectivity index (χ2v) is 4.24. The van der Waals surface area contributed by atoms with Crippen LogP contribution in [0.4, 0.5) is 0 Å². The molecule has 0 saturated carbocycles. The fourth-order valence-corrected chi connectivity index (χ4v) is 1.43. The summed E-state index contributed by atoms with van der Waals surface area (Å²) in [6.07, 6.45) is 2.01.